The van der Waals surface area contributed by atoms with Gasteiger partial charge in [-0.2, -0.15) is 0 Å². The zero-order valence-corrected chi connectivity index (χ0v) is 13.9. The van der Waals surface area contributed by atoms with Gasteiger partial charge in [0.1, 0.15) is 5.82 Å². The maximum absolute atomic E-state index is 13.2. The van der Waals surface area contributed by atoms with Gasteiger partial charge in [-0.25, -0.2) is 4.39 Å². The molecule has 1 atom stereocenters. The first-order chi connectivity index (χ1) is 11.2. The van der Waals surface area contributed by atoms with Gasteiger partial charge in [0.2, 0.25) is 0 Å². The summed E-state index contributed by atoms with van der Waals surface area (Å²) in [5, 5.41) is 3.44. The maximum Gasteiger partial charge on any atom is 0.193 e. The summed E-state index contributed by atoms with van der Waals surface area (Å²) < 4.78 is 18.7. The number of aliphatic imine (C=N–C) groups is 1. The fourth-order valence-corrected chi connectivity index (χ4v) is 3.60. The highest BCUT2D eigenvalue weighted by atomic mass is 19.1. The molecule has 0 aliphatic carbocycles. The highest BCUT2D eigenvalue weighted by Crippen LogP contribution is 2.38. The first kappa shape index (κ1) is 16.2. The Labute approximate surface area is 137 Å². The van der Waals surface area contributed by atoms with Crippen LogP contribution in [0.3, 0.4) is 0 Å². The molecule has 0 saturated carbocycles. The van der Waals surface area contributed by atoms with Gasteiger partial charge in [0.05, 0.1) is 6.61 Å². The monoisotopic (exact) mass is 319 g/mol. The fourth-order valence-electron chi connectivity index (χ4n) is 3.60. The van der Waals surface area contributed by atoms with Crippen LogP contribution in [0.15, 0.2) is 29.3 Å². The van der Waals surface area contributed by atoms with E-state index in [2.05, 4.69) is 15.2 Å². The van der Waals surface area contributed by atoms with Crippen molar-refractivity contribution in [1.29, 1.82) is 0 Å². The molecule has 1 unspecified atom stereocenters. The van der Waals surface area contributed by atoms with E-state index >= 15 is 0 Å². The molecule has 0 radical (unpaired) electrons. The Balaban J connectivity index is 1.43. The zero-order valence-electron chi connectivity index (χ0n) is 13.9. The quantitative estimate of drug-likeness (QED) is 0.526. The van der Waals surface area contributed by atoms with Crippen LogP contribution in [0.1, 0.15) is 24.8 Å². The van der Waals surface area contributed by atoms with E-state index < -0.39 is 0 Å². The predicted octanol–water partition coefficient (Wildman–Crippen LogP) is 2.45. The second kappa shape index (κ2) is 7.30. The molecule has 2 heterocycles. The number of rotatable bonds is 4. The number of guanidine groups is 1. The highest BCUT2D eigenvalue weighted by Gasteiger charge is 2.42. The molecule has 0 bridgehead atoms. The lowest BCUT2D eigenvalue weighted by molar-refractivity contribution is 0.156. The van der Waals surface area contributed by atoms with Crippen molar-refractivity contribution in [3.05, 3.63) is 35.6 Å². The standard InChI is InChI=1S/C18H26FN3O/c1-20-17(22-10-7-18(13-22)8-11-23-14-18)21-9-3-5-15-4-2-6-16(19)12-15/h2,4,6,12H,3,5,7-11,13-14H2,1H3,(H,20,21). The summed E-state index contributed by atoms with van der Waals surface area (Å²) >= 11 is 0. The van der Waals surface area contributed by atoms with Crippen LogP contribution in [-0.4, -0.2) is 50.8 Å². The lowest BCUT2D eigenvalue weighted by atomic mass is 9.87. The molecule has 5 heteroatoms. The molecule has 4 nitrogen and oxygen atoms in total. The van der Waals surface area contributed by atoms with Crippen LogP contribution in [0, 0.1) is 11.2 Å². The summed E-state index contributed by atoms with van der Waals surface area (Å²) in [4.78, 5) is 6.76. The van der Waals surface area contributed by atoms with E-state index in [-0.39, 0.29) is 5.82 Å². The molecule has 2 fully saturated rings. The molecule has 1 spiro atoms. The number of nitrogens with zero attached hydrogens (tertiary/aromatic N) is 2. The van der Waals surface area contributed by atoms with Gasteiger partial charge in [0.15, 0.2) is 5.96 Å². The Morgan fingerprint density at radius 1 is 1.43 bits per heavy atom. The van der Waals surface area contributed by atoms with Gasteiger partial charge >= 0.3 is 0 Å². The van der Waals surface area contributed by atoms with E-state index in [0.29, 0.717) is 5.41 Å². The van der Waals surface area contributed by atoms with Crippen molar-refractivity contribution >= 4 is 5.96 Å². The second-order valence-electron chi connectivity index (χ2n) is 6.68. The normalized spacial score (nSPS) is 24.6. The molecule has 23 heavy (non-hydrogen) atoms. The predicted molar refractivity (Wildman–Crippen MR) is 90.1 cm³/mol. The minimum Gasteiger partial charge on any atom is -0.381 e. The number of ether oxygens (including phenoxy) is 1. The highest BCUT2D eigenvalue weighted by molar-refractivity contribution is 5.80. The number of aryl methyl sites for hydroxylation is 1. The minimum atomic E-state index is -0.160. The van der Waals surface area contributed by atoms with Crippen molar-refractivity contribution in [2.45, 2.75) is 25.7 Å². The number of likely N-dealkylation sites (tertiary alicyclic amines) is 1. The van der Waals surface area contributed by atoms with Gasteiger partial charge in [-0.1, -0.05) is 12.1 Å². The smallest absolute Gasteiger partial charge is 0.193 e. The van der Waals surface area contributed by atoms with E-state index in [0.717, 1.165) is 57.2 Å². The Morgan fingerprint density at radius 2 is 2.35 bits per heavy atom. The molecule has 1 aromatic rings. The average Bonchev–Trinajstić information content (AvgIpc) is 3.18. The van der Waals surface area contributed by atoms with Crippen LogP contribution in [-0.2, 0) is 11.2 Å². The van der Waals surface area contributed by atoms with E-state index in [4.69, 9.17) is 4.74 Å². The number of hydrogen-bond acceptors (Lipinski definition) is 2. The van der Waals surface area contributed by atoms with Gasteiger partial charge in [0.25, 0.3) is 0 Å². The summed E-state index contributed by atoms with van der Waals surface area (Å²) in [5.74, 6) is 0.820. The van der Waals surface area contributed by atoms with Crippen LogP contribution in [0.5, 0.6) is 0 Å². The molecule has 126 valence electrons. The molecule has 0 amide bonds. The van der Waals surface area contributed by atoms with Crippen LogP contribution < -0.4 is 5.32 Å². The van der Waals surface area contributed by atoms with Crippen LogP contribution in [0.2, 0.25) is 0 Å². The average molecular weight is 319 g/mol. The summed E-state index contributed by atoms with van der Waals surface area (Å²) in [7, 11) is 1.84. The van der Waals surface area contributed by atoms with Gasteiger partial charge in [0, 0.05) is 38.7 Å². The van der Waals surface area contributed by atoms with Gasteiger partial charge in [-0.05, 0) is 43.4 Å². The lowest BCUT2D eigenvalue weighted by Gasteiger charge is -2.25. The van der Waals surface area contributed by atoms with Crippen LogP contribution >= 0.6 is 0 Å². The Kier molecular flexibility index (Phi) is 5.16. The van der Waals surface area contributed by atoms with Crippen molar-refractivity contribution < 1.29 is 9.13 Å². The lowest BCUT2D eigenvalue weighted by Crippen LogP contribution is -2.41. The number of benzene rings is 1. The first-order valence-corrected chi connectivity index (χ1v) is 8.49. The van der Waals surface area contributed by atoms with E-state index in [1.54, 1.807) is 12.1 Å². The molecular formula is C18H26FN3O. The third-order valence-corrected chi connectivity index (χ3v) is 4.95. The van der Waals surface area contributed by atoms with Crippen LogP contribution in [0.25, 0.3) is 0 Å². The molecule has 2 aliphatic heterocycles. The molecular weight excluding hydrogens is 293 g/mol. The van der Waals surface area contributed by atoms with Crippen molar-refractivity contribution in [2.24, 2.45) is 10.4 Å². The summed E-state index contributed by atoms with van der Waals surface area (Å²) in [6.07, 6.45) is 4.20. The van der Waals surface area contributed by atoms with E-state index in [1.807, 2.05) is 13.1 Å². The summed E-state index contributed by atoms with van der Waals surface area (Å²) in [6.45, 7) is 4.72. The van der Waals surface area contributed by atoms with Gasteiger partial charge in [-0.15, -0.1) is 0 Å². The first-order valence-electron chi connectivity index (χ1n) is 8.49. The third-order valence-electron chi connectivity index (χ3n) is 4.95. The third kappa shape index (κ3) is 4.02. The minimum absolute atomic E-state index is 0.160. The fraction of sp³-hybridized carbons (Fsp3) is 0.611. The SMILES string of the molecule is CN=C(NCCCc1cccc(F)c1)N1CCC2(CCOC2)C1. The molecule has 3 rings (SSSR count). The Hall–Kier alpha value is -1.62. The van der Waals surface area contributed by atoms with Crippen molar-refractivity contribution in [3.8, 4) is 0 Å². The second-order valence-corrected chi connectivity index (χ2v) is 6.68. The van der Waals surface area contributed by atoms with Crippen molar-refractivity contribution in [1.82, 2.24) is 10.2 Å². The Morgan fingerprint density at radius 3 is 3.09 bits per heavy atom. The van der Waals surface area contributed by atoms with E-state index in [1.165, 1.54) is 18.9 Å². The largest absolute Gasteiger partial charge is 0.381 e. The number of halogens is 1. The van der Waals surface area contributed by atoms with Crippen molar-refractivity contribution in [2.75, 3.05) is 39.9 Å². The summed E-state index contributed by atoms with van der Waals surface area (Å²) in [6, 6.07) is 6.84. The molecule has 1 aromatic carbocycles. The maximum atomic E-state index is 13.2. The van der Waals surface area contributed by atoms with Crippen molar-refractivity contribution in [3.63, 3.8) is 0 Å². The molecule has 0 aromatic heterocycles. The topological polar surface area (TPSA) is 36.9 Å². The Bertz CT molecular complexity index is 555. The summed E-state index contributed by atoms with van der Waals surface area (Å²) in [5.41, 5.74) is 1.39. The van der Waals surface area contributed by atoms with Crippen LogP contribution in [0.4, 0.5) is 4.39 Å². The van der Waals surface area contributed by atoms with Gasteiger partial charge < -0.3 is 15.0 Å². The molecule has 1 N–H and O–H groups in total. The zero-order chi connectivity index (χ0) is 16.1. The molecule has 2 saturated heterocycles. The molecule has 2 aliphatic rings. The number of hydrogen-bond donors (Lipinski definition) is 1. The number of nitrogens with one attached hydrogen (secondary N) is 1. The van der Waals surface area contributed by atoms with Gasteiger partial charge in [-0.3, -0.25) is 4.99 Å². The van der Waals surface area contributed by atoms with E-state index in [9.17, 15) is 4.39 Å².